The van der Waals surface area contributed by atoms with Crippen molar-refractivity contribution in [2.75, 3.05) is 20.1 Å². The van der Waals surface area contributed by atoms with Crippen LogP contribution in [0.15, 0.2) is 18.2 Å². The summed E-state index contributed by atoms with van der Waals surface area (Å²) in [7, 11) is 2.10. The van der Waals surface area contributed by atoms with Crippen molar-refractivity contribution in [3.05, 3.63) is 35.1 Å². The Balaban J connectivity index is 2.00. The van der Waals surface area contributed by atoms with Gasteiger partial charge in [-0.1, -0.05) is 6.92 Å². The predicted molar refractivity (Wildman–Crippen MR) is 75.3 cm³/mol. The molecule has 2 atom stereocenters. The first kappa shape index (κ1) is 14.9. The second kappa shape index (κ2) is 6.33. The topological polar surface area (TPSA) is 52.6 Å². The number of benzene rings is 1. The monoisotopic (exact) mass is 280 g/mol. The van der Waals surface area contributed by atoms with Crippen molar-refractivity contribution in [2.45, 2.75) is 25.9 Å². The van der Waals surface area contributed by atoms with Gasteiger partial charge in [-0.2, -0.15) is 0 Å². The average Bonchev–Trinajstić information content (AvgIpc) is 2.39. The molecule has 4 nitrogen and oxygen atoms in total. The Kier molecular flexibility index (Phi) is 4.73. The van der Waals surface area contributed by atoms with Crippen molar-refractivity contribution in [2.24, 2.45) is 5.92 Å². The van der Waals surface area contributed by atoms with Crippen LogP contribution in [0.1, 0.15) is 29.3 Å². The highest BCUT2D eigenvalue weighted by atomic mass is 19.1. The van der Waals surface area contributed by atoms with Crippen LogP contribution >= 0.6 is 0 Å². The summed E-state index contributed by atoms with van der Waals surface area (Å²) in [5, 5.41) is 12.3. The highest BCUT2D eigenvalue weighted by Gasteiger charge is 2.23. The standard InChI is InChI=1S/C15H21FN2O2/c1-10-9-18(2)6-5-14(10)17-8-12-7-11(15(19)20)3-4-13(12)16/h3-4,7,10,14,17H,5-6,8-9H2,1-2H3,(H,19,20). The molecule has 5 heteroatoms. The molecule has 2 rings (SSSR count). The summed E-state index contributed by atoms with van der Waals surface area (Å²) in [4.78, 5) is 13.2. The van der Waals surface area contributed by atoms with Crippen LogP contribution in [-0.4, -0.2) is 42.2 Å². The normalized spacial score (nSPS) is 23.8. The fraction of sp³-hybridized carbons (Fsp3) is 0.533. The van der Waals surface area contributed by atoms with Crippen LogP contribution in [-0.2, 0) is 6.54 Å². The molecular formula is C15H21FN2O2. The van der Waals surface area contributed by atoms with Gasteiger partial charge in [0.25, 0.3) is 0 Å². The van der Waals surface area contributed by atoms with Crippen LogP contribution in [0, 0.1) is 11.7 Å². The Morgan fingerprint density at radius 2 is 2.30 bits per heavy atom. The van der Waals surface area contributed by atoms with Crippen LogP contribution in [0.4, 0.5) is 4.39 Å². The summed E-state index contributed by atoms with van der Waals surface area (Å²) in [5.41, 5.74) is 0.538. The van der Waals surface area contributed by atoms with Crippen LogP contribution in [0.3, 0.4) is 0 Å². The summed E-state index contributed by atoms with van der Waals surface area (Å²) in [5.74, 6) is -0.888. The van der Waals surface area contributed by atoms with Crippen LogP contribution < -0.4 is 5.32 Å². The van der Waals surface area contributed by atoms with Gasteiger partial charge in [-0.15, -0.1) is 0 Å². The molecule has 0 saturated carbocycles. The highest BCUT2D eigenvalue weighted by molar-refractivity contribution is 5.87. The number of likely N-dealkylation sites (tertiary alicyclic amines) is 1. The minimum absolute atomic E-state index is 0.125. The number of halogens is 1. The highest BCUT2D eigenvalue weighted by Crippen LogP contribution is 2.17. The van der Waals surface area contributed by atoms with Crippen molar-refractivity contribution < 1.29 is 14.3 Å². The van der Waals surface area contributed by atoms with Gasteiger partial charge in [0.2, 0.25) is 0 Å². The molecule has 2 N–H and O–H groups in total. The quantitative estimate of drug-likeness (QED) is 0.885. The summed E-state index contributed by atoms with van der Waals surface area (Å²) in [6.45, 7) is 4.60. The van der Waals surface area contributed by atoms with Gasteiger partial charge in [0, 0.05) is 24.7 Å². The zero-order valence-electron chi connectivity index (χ0n) is 11.9. The third-order valence-electron chi connectivity index (χ3n) is 3.96. The fourth-order valence-electron chi connectivity index (χ4n) is 2.74. The van der Waals surface area contributed by atoms with Crippen molar-refractivity contribution in [3.63, 3.8) is 0 Å². The number of hydrogen-bond donors (Lipinski definition) is 2. The summed E-state index contributed by atoms with van der Waals surface area (Å²) >= 11 is 0. The number of piperidine rings is 1. The maximum atomic E-state index is 13.7. The van der Waals surface area contributed by atoms with Gasteiger partial charge < -0.3 is 15.3 Å². The number of aromatic carboxylic acids is 1. The first-order valence-electron chi connectivity index (χ1n) is 6.91. The minimum atomic E-state index is -1.03. The van der Waals surface area contributed by atoms with E-state index >= 15 is 0 Å². The van der Waals surface area contributed by atoms with Crippen molar-refractivity contribution in [1.82, 2.24) is 10.2 Å². The molecule has 1 aromatic rings. The molecule has 1 aromatic carbocycles. The molecule has 0 aromatic heterocycles. The lowest BCUT2D eigenvalue weighted by Gasteiger charge is -2.35. The van der Waals surface area contributed by atoms with E-state index in [1.807, 2.05) is 0 Å². The number of hydrogen-bond acceptors (Lipinski definition) is 3. The van der Waals surface area contributed by atoms with E-state index in [0.29, 0.717) is 24.1 Å². The van der Waals surface area contributed by atoms with E-state index in [1.165, 1.54) is 18.2 Å². The summed E-state index contributed by atoms with van der Waals surface area (Å²) in [6.07, 6.45) is 1.03. The maximum Gasteiger partial charge on any atom is 0.335 e. The lowest BCUT2D eigenvalue weighted by Crippen LogP contribution is -2.46. The van der Waals surface area contributed by atoms with Crippen molar-refractivity contribution in [1.29, 1.82) is 0 Å². The number of carboxylic acid groups (broad SMARTS) is 1. The molecule has 20 heavy (non-hydrogen) atoms. The first-order chi connectivity index (χ1) is 9.47. The number of rotatable bonds is 4. The van der Waals surface area contributed by atoms with Crippen LogP contribution in [0.2, 0.25) is 0 Å². The second-order valence-corrected chi connectivity index (χ2v) is 5.63. The van der Waals surface area contributed by atoms with Gasteiger partial charge in [-0.25, -0.2) is 9.18 Å². The third-order valence-corrected chi connectivity index (χ3v) is 3.96. The Labute approximate surface area is 118 Å². The zero-order chi connectivity index (χ0) is 14.7. The van der Waals surface area contributed by atoms with E-state index in [4.69, 9.17) is 5.11 Å². The Morgan fingerprint density at radius 3 is 2.95 bits per heavy atom. The fourth-order valence-corrected chi connectivity index (χ4v) is 2.74. The average molecular weight is 280 g/mol. The lowest BCUT2D eigenvalue weighted by atomic mass is 9.94. The summed E-state index contributed by atoms with van der Waals surface area (Å²) < 4.78 is 13.7. The summed E-state index contributed by atoms with van der Waals surface area (Å²) in [6, 6.07) is 4.27. The van der Waals surface area contributed by atoms with E-state index in [9.17, 15) is 9.18 Å². The molecule has 0 amide bonds. The molecule has 1 fully saturated rings. The molecular weight excluding hydrogens is 259 g/mol. The Hall–Kier alpha value is -1.46. The van der Waals surface area contributed by atoms with Gasteiger partial charge in [-0.3, -0.25) is 0 Å². The van der Waals surface area contributed by atoms with Gasteiger partial charge in [0.05, 0.1) is 5.56 Å². The van der Waals surface area contributed by atoms with Crippen molar-refractivity contribution >= 4 is 5.97 Å². The van der Waals surface area contributed by atoms with Gasteiger partial charge >= 0.3 is 5.97 Å². The molecule has 1 heterocycles. The van der Waals surface area contributed by atoms with E-state index in [2.05, 4.69) is 24.2 Å². The molecule has 1 aliphatic heterocycles. The van der Waals surface area contributed by atoms with E-state index < -0.39 is 5.97 Å². The SMILES string of the molecule is CC1CN(C)CCC1NCc1cc(C(=O)O)ccc1F. The van der Waals surface area contributed by atoms with Crippen LogP contribution in [0.5, 0.6) is 0 Å². The van der Waals surface area contributed by atoms with Crippen LogP contribution in [0.25, 0.3) is 0 Å². The number of carbonyl (C=O) groups is 1. The number of nitrogens with one attached hydrogen (secondary N) is 1. The number of carboxylic acids is 1. The zero-order valence-corrected chi connectivity index (χ0v) is 11.9. The largest absolute Gasteiger partial charge is 0.478 e. The molecule has 1 aliphatic rings. The van der Waals surface area contributed by atoms with E-state index in [0.717, 1.165) is 19.5 Å². The maximum absolute atomic E-state index is 13.7. The van der Waals surface area contributed by atoms with Gasteiger partial charge in [-0.05, 0) is 44.1 Å². The molecule has 0 radical (unpaired) electrons. The predicted octanol–water partition coefficient (Wildman–Crippen LogP) is 1.95. The minimum Gasteiger partial charge on any atom is -0.478 e. The molecule has 1 saturated heterocycles. The van der Waals surface area contributed by atoms with E-state index in [-0.39, 0.29) is 11.4 Å². The molecule has 0 bridgehead atoms. The molecule has 2 unspecified atom stereocenters. The molecule has 110 valence electrons. The first-order valence-corrected chi connectivity index (χ1v) is 6.91. The van der Waals surface area contributed by atoms with Gasteiger partial charge in [0.15, 0.2) is 0 Å². The third kappa shape index (κ3) is 3.55. The molecule has 0 aliphatic carbocycles. The Morgan fingerprint density at radius 1 is 1.55 bits per heavy atom. The smallest absolute Gasteiger partial charge is 0.335 e. The lowest BCUT2D eigenvalue weighted by molar-refractivity contribution is 0.0696. The Bertz CT molecular complexity index is 493. The molecule has 0 spiro atoms. The van der Waals surface area contributed by atoms with Crippen molar-refractivity contribution in [3.8, 4) is 0 Å². The van der Waals surface area contributed by atoms with E-state index in [1.54, 1.807) is 0 Å². The van der Waals surface area contributed by atoms with Gasteiger partial charge in [0.1, 0.15) is 5.82 Å². The number of nitrogens with zero attached hydrogens (tertiary/aromatic N) is 1. The second-order valence-electron chi connectivity index (χ2n) is 5.63.